The van der Waals surface area contributed by atoms with Gasteiger partial charge in [0.1, 0.15) is 11.6 Å². The Balaban J connectivity index is 1.71. The lowest BCUT2D eigenvalue weighted by molar-refractivity contribution is -0.148. The second-order valence-corrected chi connectivity index (χ2v) is 17.3. The minimum Gasteiger partial charge on any atom is -0.444 e. The Morgan fingerprint density at radius 2 is 1.63 bits per heavy atom. The maximum atomic E-state index is 16.1. The molecule has 0 unspecified atom stereocenters. The van der Waals surface area contributed by atoms with Crippen molar-refractivity contribution in [1.29, 1.82) is 0 Å². The number of carbonyl (C=O) groups is 5. The number of alkyl halides is 1. The van der Waals surface area contributed by atoms with Crippen LogP contribution >= 0.6 is 0 Å². The summed E-state index contributed by atoms with van der Waals surface area (Å²) in [4.78, 5) is 72.4. The van der Waals surface area contributed by atoms with Crippen LogP contribution < -0.4 is 10.6 Å². The summed E-state index contributed by atoms with van der Waals surface area (Å²) in [6.07, 6.45) is 12.8. The Morgan fingerprint density at radius 3 is 2.19 bits per heavy atom. The molecule has 14 heteroatoms. The number of nitrogens with zero attached hydrogens (tertiary/aromatic N) is 3. The molecule has 2 saturated heterocycles. The summed E-state index contributed by atoms with van der Waals surface area (Å²) in [7, 11) is 4.71. The zero-order valence-electron chi connectivity index (χ0n) is 36.2. The van der Waals surface area contributed by atoms with Crippen LogP contribution in [0.3, 0.4) is 0 Å². The van der Waals surface area contributed by atoms with Gasteiger partial charge in [0.2, 0.25) is 23.4 Å². The second kappa shape index (κ2) is 21.3. The summed E-state index contributed by atoms with van der Waals surface area (Å²) in [6, 6.07) is -1.97. The van der Waals surface area contributed by atoms with E-state index in [2.05, 4.69) is 22.8 Å². The van der Waals surface area contributed by atoms with E-state index in [1.807, 2.05) is 45.1 Å². The Kier molecular flexibility index (Phi) is 17.8. The Morgan fingerprint density at radius 1 is 0.982 bits per heavy atom. The van der Waals surface area contributed by atoms with Gasteiger partial charge in [-0.05, 0) is 57.8 Å². The van der Waals surface area contributed by atoms with Gasteiger partial charge in [-0.15, -0.1) is 0 Å². The molecular formula is C43H70FN5O8. The van der Waals surface area contributed by atoms with E-state index in [4.69, 9.17) is 14.2 Å². The van der Waals surface area contributed by atoms with Crippen molar-refractivity contribution >= 4 is 29.7 Å². The van der Waals surface area contributed by atoms with Gasteiger partial charge in [0.05, 0.1) is 43.2 Å². The molecule has 0 aromatic rings. The van der Waals surface area contributed by atoms with Gasteiger partial charge in [0.15, 0.2) is 0 Å². The summed E-state index contributed by atoms with van der Waals surface area (Å²) in [6.45, 7) is 15.0. The lowest BCUT2D eigenvalue weighted by atomic mass is 9.89. The van der Waals surface area contributed by atoms with Crippen LogP contribution in [0.4, 0.5) is 9.18 Å². The number of ether oxygens (including phenoxy) is 3. The van der Waals surface area contributed by atoms with Crippen molar-refractivity contribution in [3.8, 4) is 0 Å². The highest BCUT2D eigenvalue weighted by atomic mass is 19.1. The lowest BCUT2D eigenvalue weighted by Crippen LogP contribution is -2.60. The maximum absolute atomic E-state index is 16.1. The minimum absolute atomic E-state index is 0.00240. The highest BCUT2D eigenvalue weighted by Crippen LogP contribution is 2.31. The highest BCUT2D eigenvalue weighted by Gasteiger charge is 2.49. The molecule has 8 atom stereocenters. The molecule has 1 aliphatic carbocycles. The molecule has 0 bridgehead atoms. The summed E-state index contributed by atoms with van der Waals surface area (Å²) in [5, 5.41) is 5.72. The first-order valence-corrected chi connectivity index (χ1v) is 20.7. The molecule has 0 aromatic heterocycles. The number of methoxy groups -OCH3 is 2. The summed E-state index contributed by atoms with van der Waals surface area (Å²) in [5.74, 6) is -2.51. The molecular weight excluding hydrogens is 733 g/mol. The molecule has 322 valence electrons. The van der Waals surface area contributed by atoms with Gasteiger partial charge in [-0.3, -0.25) is 19.2 Å². The van der Waals surface area contributed by atoms with Crippen LogP contribution in [0.5, 0.6) is 0 Å². The van der Waals surface area contributed by atoms with E-state index in [1.54, 1.807) is 53.7 Å². The van der Waals surface area contributed by atoms with E-state index in [1.165, 1.54) is 16.9 Å². The van der Waals surface area contributed by atoms with Crippen LogP contribution in [0.15, 0.2) is 36.5 Å². The van der Waals surface area contributed by atoms with E-state index in [-0.39, 0.29) is 49.1 Å². The van der Waals surface area contributed by atoms with Gasteiger partial charge >= 0.3 is 6.09 Å². The zero-order valence-corrected chi connectivity index (χ0v) is 36.2. The Labute approximate surface area is 340 Å². The van der Waals surface area contributed by atoms with Crippen LogP contribution in [-0.4, -0.2) is 133 Å². The third kappa shape index (κ3) is 12.9. The fraction of sp³-hybridized carbons (Fsp3) is 0.744. The fourth-order valence-electron chi connectivity index (χ4n) is 8.07. The lowest BCUT2D eigenvalue weighted by Gasteiger charge is -2.41. The number of halogens is 1. The fourth-order valence-corrected chi connectivity index (χ4v) is 8.07. The van der Waals surface area contributed by atoms with Crippen molar-refractivity contribution in [2.24, 2.45) is 23.7 Å². The molecule has 0 aromatic carbocycles. The highest BCUT2D eigenvalue weighted by molar-refractivity contribution is 5.92. The smallest absolute Gasteiger partial charge is 0.410 e. The van der Waals surface area contributed by atoms with E-state index < -0.39 is 71.8 Å². The molecule has 2 aliphatic heterocycles. The molecule has 3 rings (SSSR count). The molecule has 0 saturated carbocycles. The van der Waals surface area contributed by atoms with Crippen molar-refractivity contribution in [2.75, 3.05) is 47.4 Å². The summed E-state index contributed by atoms with van der Waals surface area (Å²) >= 11 is 0. The number of hydrogen-bond acceptors (Lipinski definition) is 8. The molecule has 0 radical (unpaired) electrons. The van der Waals surface area contributed by atoms with Crippen molar-refractivity contribution in [3.63, 3.8) is 0 Å². The number of allylic oxidation sites excluding steroid dienone is 6. The third-order valence-corrected chi connectivity index (χ3v) is 11.6. The SMILES string of the molecule is CC[C@H](C)[C@@H]([C@@H](CC(=O)N1CCC[C@H]1[C@H](OC)[C@@H](C)C(=O)NCCC1C=CC=CC=C1)OC)N(C)C(=O)[C@@H](NC(=O)[C@@]1(F)CCN(C(=O)OC(C)(C)C)C1)C(C)C. The molecule has 57 heavy (non-hydrogen) atoms. The van der Waals surface area contributed by atoms with Gasteiger partial charge in [-0.1, -0.05) is 77.5 Å². The van der Waals surface area contributed by atoms with E-state index >= 15 is 4.39 Å². The van der Waals surface area contributed by atoms with Gasteiger partial charge in [-0.2, -0.15) is 0 Å². The second-order valence-electron chi connectivity index (χ2n) is 17.3. The Bertz CT molecular complexity index is 1460. The van der Waals surface area contributed by atoms with E-state index in [9.17, 15) is 24.0 Å². The van der Waals surface area contributed by atoms with Crippen LogP contribution in [0, 0.1) is 23.7 Å². The number of carbonyl (C=O) groups excluding carboxylic acids is 5. The maximum Gasteiger partial charge on any atom is 0.410 e. The molecule has 2 N–H and O–H groups in total. The van der Waals surface area contributed by atoms with Gasteiger partial charge in [0, 0.05) is 47.3 Å². The predicted molar refractivity (Wildman–Crippen MR) is 218 cm³/mol. The number of likely N-dealkylation sites (N-methyl/N-ethyl adjacent to an activating group) is 1. The molecule has 2 fully saturated rings. The van der Waals surface area contributed by atoms with Crippen LogP contribution in [0.1, 0.15) is 93.9 Å². The summed E-state index contributed by atoms with van der Waals surface area (Å²) in [5.41, 5.74) is -3.18. The molecule has 5 amide bonds. The standard InChI is InChI=1S/C43H70FN5O8/c1-12-29(4)36(47(9)39(52)35(28(2)3)46-40(53)43(44)22-25-48(27-43)41(54)57-42(6,7)8)33(55-10)26-34(50)49-24-17-20-32(49)37(56-11)30(5)38(51)45-23-21-31-18-15-13-14-16-19-31/h13-16,18-19,28-33,35-37H,12,17,20-27H2,1-11H3,(H,45,51)(H,46,53)/t29-,30+,32-,33+,35-,36-,37+,43+/m0/s1. The first kappa shape index (κ1) is 47.6. The minimum atomic E-state index is -2.40. The molecule has 3 aliphatic rings. The van der Waals surface area contributed by atoms with Crippen LogP contribution in [-0.2, 0) is 33.4 Å². The zero-order chi connectivity index (χ0) is 42.7. The largest absolute Gasteiger partial charge is 0.444 e. The molecule has 0 spiro atoms. The number of hydrogen-bond donors (Lipinski definition) is 2. The van der Waals surface area contributed by atoms with Gasteiger partial charge < -0.3 is 39.5 Å². The monoisotopic (exact) mass is 804 g/mol. The van der Waals surface area contributed by atoms with Crippen LogP contribution in [0.25, 0.3) is 0 Å². The first-order chi connectivity index (χ1) is 26.8. The number of nitrogens with one attached hydrogen (secondary N) is 2. The van der Waals surface area contributed by atoms with Crippen molar-refractivity contribution in [2.45, 2.75) is 136 Å². The number of rotatable bonds is 18. The van der Waals surface area contributed by atoms with Crippen LogP contribution in [0.2, 0.25) is 0 Å². The third-order valence-electron chi connectivity index (χ3n) is 11.6. The van der Waals surface area contributed by atoms with Gasteiger partial charge in [0.25, 0.3) is 5.91 Å². The van der Waals surface area contributed by atoms with Crippen molar-refractivity contribution in [1.82, 2.24) is 25.3 Å². The topological polar surface area (TPSA) is 147 Å². The number of likely N-dealkylation sites (tertiary alicyclic amines) is 2. The van der Waals surface area contributed by atoms with E-state index in [0.717, 1.165) is 12.8 Å². The van der Waals surface area contributed by atoms with Crippen molar-refractivity contribution in [3.05, 3.63) is 36.5 Å². The normalized spacial score (nSPS) is 23.1. The first-order valence-electron chi connectivity index (χ1n) is 20.7. The number of amides is 5. The Hall–Kier alpha value is -3.78. The summed E-state index contributed by atoms with van der Waals surface area (Å²) < 4.78 is 33.4. The van der Waals surface area contributed by atoms with E-state index in [0.29, 0.717) is 25.9 Å². The molecule has 2 heterocycles. The average Bonchev–Trinajstić information content (AvgIpc) is 3.73. The van der Waals surface area contributed by atoms with Gasteiger partial charge in [-0.25, -0.2) is 9.18 Å². The van der Waals surface area contributed by atoms with Crippen molar-refractivity contribution < 1.29 is 42.6 Å². The quantitative estimate of drug-likeness (QED) is 0.192. The average molecular weight is 804 g/mol. The predicted octanol–water partition coefficient (Wildman–Crippen LogP) is 5.20. The molecule has 13 nitrogen and oxygen atoms in total.